The lowest BCUT2D eigenvalue weighted by Gasteiger charge is -2.23. The lowest BCUT2D eigenvalue weighted by atomic mass is 10.3. The van der Waals surface area contributed by atoms with Crippen molar-refractivity contribution < 1.29 is 4.74 Å². The van der Waals surface area contributed by atoms with Crippen LogP contribution in [0.15, 0.2) is 11.1 Å². The van der Waals surface area contributed by atoms with E-state index in [0.29, 0.717) is 24.8 Å². The van der Waals surface area contributed by atoms with Crippen LogP contribution in [-0.2, 0) is 0 Å². The van der Waals surface area contributed by atoms with Gasteiger partial charge in [0.05, 0.1) is 25.9 Å². The molecule has 1 N–H and O–H groups in total. The third-order valence-corrected chi connectivity index (χ3v) is 2.72. The fourth-order valence-electron chi connectivity index (χ4n) is 1.78. The summed E-state index contributed by atoms with van der Waals surface area (Å²) < 4.78 is 5.08. The largest absolute Gasteiger partial charge is 0.489 e. The second-order valence-electron chi connectivity index (χ2n) is 3.92. The maximum absolute atomic E-state index is 11.6. The van der Waals surface area contributed by atoms with Crippen LogP contribution in [0.4, 0.5) is 5.82 Å². The van der Waals surface area contributed by atoms with Crippen LogP contribution in [0.25, 0.3) is 0 Å². The van der Waals surface area contributed by atoms with Crippen LogP contribution < -0.4 is 15.2 Å². The van der Waals surface area contributed by atoms with Gasteiger partial charge >= 0.3 is 0 Å². The molecule has 0 aliphatic heterocycles. The highest BCUT2D eigenvalue weighted by Crippen LogP contribution is 2.33. The number of H-pyrrole nitrogens is 1. The number of nitrogens with zero attached hydrogens (tertiary/aromatic N) is 3. The molecular weight excluding hydrogens is 220 g/mol. The van der Waals surface area contributed by atoms with E-state index in [4.69, 9.17) is 10.00 Å². The van der Waals surface area contributed by atoms with E-state index in [1.165, 1.54) is 13.4 Å². The molecule has 1 fully saturated rings. The Hall–Kier alpha value is -2.03. The van der Waals surface area contributed by atoms with E-state index in [2.05, 4.69) is 16.0 Å². The van der Waals surface area contributed by atoms with Crippen molar-refractivity contribution in [2.45, 2.75) is 25.3 Å². The van der Waals surface area contributed by atoms with Gasteiger partial charge < -0.3 is 14.6 Å². The number of hydrogen-bond donors (Lipinski definition) is 1. The Morgan fingerprint density at radius 1 is 1.71 bits per heavy atom. The molecule has 0 spiro atoms. The maximum atomic E-state index is 11.6. The van der Waals surface area contributed by atoms with Gasteiger partial charge in [0.25, 0.3) is 5.56 Å². The van der Waals surface area contributed by atoms with E-state index in [1.54, 1.807) is 0 Å². The van der Waals surface area contributed by atoms with E-state index in [9.17, 15) is 4.79 Å². The van der Waals surface area contributed by atoms with Crippen molar-refractivity contribution in [3.63, 3.8) is 0 Å². The van der Waals surface area contributed by atoms with Crippen molar-refractivity contribution in [1.82, 2.24) is 9.97 Å². The van der Waals surface area contributed by atoms with E-state index < -0.39 is 0 Å². The van der Waals surface area contributed by atoms with Crippen molar-refractivity contribution >= 4 is 5.82 Å². The molecule has 0 radical (unpaired) electrons. The number of hydrogen-bond acceptors (Lipinski definition) is 5. The maximum Gasteiger partial charge on any atom is 0.295 e. The van der Waals surface area contributed by atoms with Crippen molar-refractivity contribution in [3.05, 3.63) is 16.7 Å². The number of aromatic nitrogens is 2. The molecule has 0 aromatic carbocycles. The molecule has 0 amide bonds. The van der Waals surface area contributed by atoms with Gasteiger partial charge in [0, 0.05) is 12.6 Å². The Morgan fingerprint density at radius 3 is 3.06 bits per heavy atom. The lowest BCUT2D eigenvalue weighted by molar-refractivity contribution is 0.405. The molecule has 0 bridgehead atoms. The molecule has 1 saturated carbocycles. The number of anilines is 1. The Morgan fingerprint density at radius 2 is 2.47 bits per heavy atom. The van der Waals surface area contributed by atoms with Gasteiger partial charge in [0.2, 0.25) is 5.75 Å². The molecule has 1 aromatic rings. The summed E-state index contributed by atoms with van der Waals surface area (Å²) >= 11 is 0. The highest BCUT2D eigenvalue weighted by atomic mass is 16.5. The van der Waals surface area contributed by atoms with Crippen LogP contribution in [0.3, 0.4) is 0 Å². The van der Waals surface area contributed by atoms with Crippen LogP contribution in [0.2, 0.25) is 0 Å². The summed E-state index contributed by atoms with van der Waals surface area (Å²) in [6, 6.07) is 2.49. The highest BCUT2D eigenvalue weighted by Gasteiger charge is 2.32. The monoisotopic (exact) mass is 234 g/mol. The van der Waals surface area contributed by atoms with E-state index in [1.807, 2.05) is 4.90 Å². The summed E-state index contributed by atoms with van der Waals surface area (Å²) in [5.41, 5.74) is -0.292. The SMILES string of the molecule is COc1c(N(CCC#N)C2CC2)nc[nH]c1=O. The van der Waals surface area contributed by atoms with Crippen LogP contribution >= 0.6 is 0 Å². The van der Waals surface area contributed by atoms with Crippen molar-refractivity contribution in [2.24, 2.45) is 0 Å². The quantitative estimate of drug-likeness (QED) is 0.809. The van der Waals surface area contributed by atoms with E-state index in [0.717, 1.165) is 12.8 Å². The molecule has 17 heavy (non-hydrogen) atoms. The van der Waals surface area contributed by atoms with Crippen LogP contribution in [-0.4, -0.2) is 29.7 Å². The second-order valence-corrected chi connectivity index (χ2v) is 3.92. The first-order valence-corrected chi connectivity index (χ1v) is 5.53. The zero-order chi connectivity index (χ0) is 12.3. The normalized spacial score (nSPS) is 14.1. The Labute approximate surface area is 98.8 Å². The Kier molecular flexibility index (Phi) is 3.28. The number of ether oxygens (including phenoxy) is 1. The molecule has 0 unspecified atom stereocenters. The zero-order valence-electron chi connectivity index (χ0n) is 9.64. The first-order valence-electron chi connectivity index (χ1n) is 5.53. The second kappa shape index (κ2) is 4.87. The average molecular weight is 234 g/mol. The third kappa shape index (κ3) is 2.38. The minimum absolute atomic E-state index is 0.220. The summed E-state index contributed by atoms with van der Waals surface area (Å²) in [6.07, 6.45) is 3.92. The molecule has 1 aliphatic rings. The molecule has 1 aliphatic carbocycles. The molecule has 90 valence electrons. The first kappa shape index (κ1) is 11.5. The van der Waals surface area contributed by atoms with Crippen molar-refractivity contribution in [3.8, 4) is 11.8 Å². The fourth-order valence-corrected chi connectivity index (χ4v) is 1.78. The summed E-state index contributed by atoms with van der Waals surface area (Å²) in [6.45, 7) is 0.577. The molecule has 0 atom stereocenters. The zero-order valence-corrected chi connectivity index (χ0v) is 9.64. The van der Waals surface area contributed by atoms with Gasteiger partial charge in [0.15, 0.2) is 5.82 Å². The van der Waals surface area contributed by atoms with Gasteiger partial charge in [-0.25, -0.2) is 4.98 Å². The predicted molar refractivity (Wildman–Crippen MR) is 62.0 cm³/mol. The summed E-state index contributed by atoms with van der Waals surface area (Å²) in [7, 11) is 1.45. The standard InChI is InChI=1S/C11H14N4O2/c1-17-9-10(13-7-14-11(9)16)15(6-2-5-12)8-3-4-8/h7-8H,2-4,6H2,1H3,(H,13,14,16). The summed E-state index contributed by atoms with van der Waals surface area (Å²) in [5, 5.41) is 8.65. The van der Waals surface area contributed by atoms with Gasteiger partial charge in [-0.05, 0) is 12.8 Å². The van der Waals surface area contributed by atoms with Gasteiger partial charge in [-0.15, -0.1) is 0 Å². The number of rotatable bonds is 5. The number of nitriles is 1. The van der Waals surface area contributed by atoms with Gasteiger partial charge in [-0.2, -0.15) is 5.26 Å². The summed E-state index contributed by atoms with van der Waals surface area (Å²) in [4.78, 5) is 20.2. The Bertz CT molecular complexity index is 487. The molecule has 0 saturated heterocycles. The molecule has 1 heterocycles. The molecule has 2 rings (SSSR count). The number of methoxy groups -OCH3 is 1. The fraction of sp³-hybridized carbons (Fsp3) is 0.545. The van der Waals surface area contributed by atoms with Crippen LogP contribution in [0.1, 0.15) is 19.3 Å². The topological polar surface area (TPSA) is 82.0 Å². The average Bonchev–Trinajstić information content (AvgIpc) is 3.14. The molecular formula is C11H14N4O2. The minimum Gasteiger partial charge on any atom is -0.489 e. The third-order valence-electron chi connectivity index (χ3n) is 2.72. The smallest absolute Gasteiger partial charge is 0.295 e. The van der Waals surface area contributed by atoms with Crippen LogP contribution in [0.5, 0.6) is 5.75 Å². The van der Waals surface area contributed by atoms with Gasteiger partial charge in [0.1, 0.15) is 0 Å². The van der Waals surface area contributed by atoms with Crippen molar-refractivity contribution in [2.75, 3.05) is 18.6 Å². The first-order chi connectivity index (χ1) is 8.27. The van der Waals surface area contributed by atoms with Gasteiger partial charge in [-0.3, -0.25) is 4.79 Å². The van der Waals surface area contributed by atoms with E-state index >= 15 is 0 Å². The Balaban J connectivity index is 2.32. The van der Waals surface area contributed by atoms with Crippen LogP contribution in [0, 0.1) is 11.3 Å². The predicted octanol–water partition coefficient (Wildman–Crippen LogP) is 0.661. The summed E-state index contributed by atoms with van der Waals surface area (Å²) in [5.74, 6) is 0.756. The van der Waals surface area contributed by atoms with E-state index in [-0.39, 0.29) is 11.3 Å². The molecule has 6 nitrogen and oxygen atoms in total. The highest BCUT2D eigenvalue weighted by molar-refractivity contribution is 5.52. The number of aromatic amines is 1. The number of nitrogens with one attached hydrogen (secondary N) is 1. The molecule has 1 aromatic heterocycles. The van der Waals surface area contributed by atoms with Gasteiger partial charge in [-0.1, -0.05) is 0 Å². The molecule has 6 heteroatoms. The van der Waals surface area contributed by atoms with Crippen molar-refractivity contribution in [1.29, 1.82) is 5.26 Å². The lowest BCUT2D eigenvalue weighted by Crippen LogP contribution is -2.30. The minimum atomic E-state index is -0.292.